The number of carbonyl (C=O) groups excluding carboxylic acids is 1. The largest absolute Gasteiger partial charge is 0.368 e. The molecule has 1 fully saturated rings. The number of thioether (sulfide) groups is 1. The van der Waals surface area contributed by atoms with Crippen LogP contribution in [0.5, 0.6) is 0 Å². The zero-order valence-corrected chi connectivity index (χ0v) is 13.6. The van der Waals surface area contributed by atoms with Crippen LogP contribution >= 0.6 is 11.8 Å². The molecular weight excluding hydrogens is 320 g/mol. The van der Waals surface area contributed by atoms with Crippen LogP contribution in [0.1, 0.15) is 46.3 Å². The Kier molecular flexibility index (Phi) is 4.50. The molecule has 1 saturated carbocycles. The molecule has 6 heteroatoms. The normalized spacial score (nSPS) is 14.4. The molecule has 1 aliphatic rings. The molecule has 1 atom stereocenters. The number of rotatable bonds is 5. The highest BCUT2D eigenvalue weighted by Gasteiger charge is 2.32. The van der Waals surface area contributed by atoms with Crippen LogP contribution in [0, 0.1) is 22.7 Å². The number of hydrogen-bond donors (Lipinski definition) is 1. The smallest absolute Gasteiger partial charge is 0.235 e. The standard InChI is InChI=1S/C18H14N4OS/c19-8-13-10-22-18(14(9-20)15(13)11-6-7-11)24-16(17(21)23)12-4-2-1-3-5-12/h1-5,10-11,16H,6-7H2,(H2,21,23). The number of pyridine rings is 1. The zero-order valence-electron chi connectivity index (χ0n) is 12.8. The van der Waals surface area contributed by atoms with Crippen molar-refractivity contribution in [1.29, 1.82) is 10.5 Å². The summed E-state index contributed by atoms with van der Waals surface area (Å²) >= 11 is 1.16. The molecule has 0 bridgehead atoms. The summed E-state index contributed by atoms with van der Waals surface area (Å²) < 4.78 is 0. The van der Waals surface area contributed by atoms with Crippen LogP contribution in [-0.2, 0) is 4.79 Å². The van der Waals surface area contributed by atoms with Gasteiger partial charge in [0.1, 0.15) is 22.4 Å². The molecule has 24 heavy (non-hydrogen) atoms. The SMILES string of the molecule is N#Cc1cnc(SC(C(N)=O)c2ccccc2)c(C#N)c1C1CC1. The molecule has 3 rings (SSSR count). The summed E-state index contributed by atoms with van der Waals surface area (Å²) in [7, 11) is 0. The molecule has 5 nitrogen and oxygen atoms in total. The molecule has 1 heterocycles. The van der Waals surface area contributed by atoms with Crippen LogP contribution in [0.3, 0.4) is 0 Å². The van der Waals surface area contributed by atoms with Crippen molar-refractivity contribution in [1.82, 2.24) is 4.98 Å². The fourth-order valence-corrected chi connectivity index (χ4v) is 3.64. The molecule has 118 valence electrons. The lowest BCUT2D eigenvalue weighted by molar-refractivity contribution is -0.117. The van der Waals surface area contributed by atoms with Gasteiger partial charge >= 0.3 is 0 Å². The van der Waals surface area contributed by atoms with E-state index in [1.54, 1.807) is 0 Å². The lowest BCUT2D eigenvalue weighted by Gasteiger charge is -2.15. The van der Waals surface area contributed by atoms with Gasteiger partial charge < -0.3 is 5.73 Å². The van der Waals surface area contributed by atoms with Crippen LogP contribution in [0.4, 0.5) is 0 Å². The van der Waals surface area contributed by atoms with Crippen LogP contribution in [-0.4, -0.2) is 10.9 Å². The van der Waals surface area contributed by atoms with Crippen LogP contribution in [0.25, 0.3) is 0 Å². The number of amides is 1. The Morgan fingerprint density at radius 3 is 2.50 bits per heavy atom. The minimum absolute atomic E-state index is 0.236. The summed E-state index contributed by atoms with van der Waals surface area (Å²) in [4.78, 5) is 16.1. The Balaban J connectivity index is 2.03. The van der Waals surface area contributed by atoms with Crippen molar-refractivity contribution in [3.05, 3.63) is 58.8 Å². The minimum Gasteiger partial charge on any atom is -0.368 e. The molecule has 0 spiro atoms. The molecule has 1 unspecified atom stereocenters. The van der Waals surface area contributed by atoms with Crippen molar-refractivity contribution >= 4 is 17.7 Å². The topological polar surface area (TPSA) is 104 Å². The summed E-state index contributed by atoms with van der Waals surface area (Å²) in [6.45, 7) is 0. The molecule has 0 aliphatic heterocycles. The molecule has 1 aromatic heterocycles. The van der Waals surface area contributed by atoms with Gasteiger partial charge in [0.05, 0.1) is 11.1 Å². The van der Waals surface area contributed by atoms with Crippen molar-refractivity contribution in [3.8, 4) is 12.1 Å². The Bertz CT molecular complexity index is 863. The maximum Gasteiger partial charge on any atom is 0.235 e. The first-order valence-electron chi connectivity index (χ1n) is 7.49. The molecule has 1 amide bonds. The van der Waals surface area contributed by atoms with E-state index in [1.807, 2.05) is 30.3 Å². The second kappa shape index (κ2) is 6.74. The van der Waals surface area contributed by atoms with Gasteiger partial charge in [0.15, 0.2) is 0 Å². The van der Waals surface area contributed by atoms with Gasteiger partial charge in [-0.15, -0.1) is 0 Å². The summed E-state index contributed by atoms with van der Waals surface area (Å²) in [6, 6.07) is 13.4. The zero-order chi connectivity index (χ0) is 17.1. The predicted octanol–water partition coefficient (Wildman–Crippen LogP) is 3.02. The average Bonchev–Trinajstić information content (AvgIpc) is 3.44. The van der Waals surface area contributed by atoms with Gasteiger partial charge in [-0.2, -0.15) is 10.5 Å². The third-order valence-corrected chi connectivity index (χ3v) is 5.17. The quantitative estimate of drug-likeness (QED) is 0.846. The van der Waals surface area contributed by atoms with E-state index in [9.17, 15) is 15.3 Å². The van der Waals surface area contributed by atoms with Crippen LogP contribution in [0.2, 0.25) is 0 Å². The molecule has 1 aromatic carbocycles. The third-order valence-electron chi connectivity index (χ3n) is 3.89. The van der Waals surface area contributed by atoms with Gasteiger partial charge in [-0.3, -0.25) is 4.79 Å². The molecule has 2 N–H and O–H groups in total. The number of nitriles is 2. The molecule has 2 aromatic rings. The molecule has 1 aliphatic carbocycles. The van der Waals surface area contributed by atoms with E-state index in [4.69, 9.17) is 5.73 Å². The highest BCUT2D eigenvalue weighted by molar-refractivity contribution is 8.00. The monoisotopic (exact) mass is 334 g/mol. The van der Waals surface area contributed by atoms with Gasteiger partial charge in [-0.25, -0.2) is 4.98 Å². The van der Waals surface area contributed by atoms with E-state index in [0.717, 1.165) is 35.7 Å². The molecule has 0 radical (unpaired) electrons. The fourth-order valence-electron chi connectivity index (χ4n) is 2.62. The average molecular weight is 334 g/mol. The predicted molar refractivity (Wildman–Crippen MR) is 89.9 cm³/mol. The lowest BCUT2D eigenvalue weighted by Crippen LogP contribution is -2.19. The Labute approximate surface area is 144 Å². The van der Waals surface area contributed by atoms with Crippen molar-refractivity contribution in [2.24, 2.45) is 5.73 Å². The van der Waals surface area contributed by atoms with E-state index >= 15 is 0 Å². The second-order valence-electron chi connectivity index (χ2n) is 5.57. The first-order chi connectivity index (χ1) is 11.7. The van der Waals surface area contributed by atoms with Gasteiger partial charge in [0.25, 0.3) is 0 Å². The Morgan fingerprint density at radius 1 is 1.25 bits per heavy atom. The van der Waals surface area contributed by atoms with Crippen molar-refractivity contribution in [2.75, 3.05) is 0 Å². The Hall–Kier alpha value is -2.83. The third kappa shape index (κ3) is 3.10. The summed E-state index contributed by atoms with van der Waals surface area (Å²) in [5.41, 5.74) is 7.90. The van der Waals surface area contributed by atoms with E-state index < -0.39 is 11.2 Å². The van der Waals surface area contributed by atoms with Crippen LogP contribution < -0.4 is 5.73 Å². The number of nitrogens with zero attached hydrogens (tertiary/aromatic N) is 3. The first kappa shape index (κ1) is 16.0. The number of primary amides is 1. The van der Waals surface area contributed by atoms with E-state index in [0.29, 0.717) is 16.2 Å². The fraction of sp³-hybridized carbons (Fsp3) is 0.222. The van der Waals surface area contributed by atoms with Crippen molar-refractivity contribution in [3.63, 3.8) is 0 Å². The molecule has 0 saturated heterocycles. The minimum atomic E-state index is -0.634. The van der Waals surface area contributed by atoms with Gasteiger partial charge in [0, 0.05) is 6.20 Å². The lowest BCUT2D eigenvalue weighted by atomic mass is 10.0. The van der Waals surface area contributed by atoms with Crippen molar-refractivity contribution < 1.29 is 4.79 Å². The Morgan fingerprint density at radius 2 is 1.96 bits per heavy atom. The molecular formula is C18H14N4OS. The number of carbonyl (C=O) groups is 1. The highest BCUT2D eigenvalue weighted by Crippen LogP contribution is 2.46. The maximum absolute atomic E-state index is 11.9. The maximum atomic E-state index is 11.9. The van der Waals surface area contributed by atoms with E-state index in [1.165, 1.54) is 6.20 Å². The summed E-state index contributed by atoms with van der Waals surface area (Å²) in [6.07, 6.45) is 3.42. The number of aromatic nitrogens is 1. The second-order valence-corrected chi connectivity index (χ2v) is 6.67. The number of nitrogens with two attached hydrogens (primary N) is 1. The number of hydrogen-bond acceptors (Lipinski definition) is 5. The van der Waals surface area contributed by atoms with Gasteiger partial charge in [-0.1, -0.05) is 42.1 Å². The van der Waals surface area contributed by atoms with Gasteiger partial charge in [0.2, 0.25) is 5.91 Å². The van der Waals surface area contributed by atoms with E-state index in [-0.39, 0.29) is 5.92 Å². The van der Waals surface area contributed by atoms with Crippen LogP contribution in [0.15, 0.2) is 41.6 Å². The van der Waals surface area contributed by atoms with Crippen molar-refractivity contribution in [2.45, 2.75) is 29.0 Å². The number of benzene rings is 1. The highest BCUT2D eigenvalue weighted by atomic mass is 32.2. The van der Waals surface area contributed by atoms with Gasteiger partial charge in [-0.05, 0) is 29.9 Å². The summed E-state index contributed by atoms with van der Waals surface area (Å²) in [5, 5.41) is 18.7. The summed E-state index contributed by atoms with van der Waals surface area (Å²) in [5.74, 6) is -0.255. The van der Waals surface area contributed by atoms with E-state index in [2.05, 4.69) is 17.1 Å². The first-order valence-corrected chi connectivity index (χ1v) is 8.37.